The minimum absolute atomic E-state index is 0.00170. The first-order valence-electron chi connectivity index (χ1n) is 13.5. The van der Waals surface area contributed by atoms with Crippen LogP contribution in [0.4, 0.5) is 5.82 Å². The number of nitrogens with zero attached hydrogens (tertiary/aromatic N) is 7. The fraction of sp³-hybridized carbons (Fsp3) is 0.448. The summed E-state index contributed by atoms with van der Waals surface area (Å²) in [6.45, 7) is 14.4. The SMILES string of the molecule is C=CC(C)C(=O)N1CCN(c2ccc(-c3cc(OC[C@H]4CN(CC)CCO4)cn4ncc(C#N)c34)cn2)CC1. The molecule has 1 unspecified atom stereocenters. The molecule has 0 bridgehead atoms. The number of nitriles is 1. The molecule has 0 saturated carbocycles. The molecule has 39 heavy (non-hydrogen) atoms. The second kappa shape index (κ2) is 11.8. The highest BCUT2D eigenvalue weighted by Crippen LogP contribution is 2.31. The summed E-state index contributed by atoms with van der Waals surface area (Å²) >= 11 is 0. The van der Waals surface area contributed by atoms with E-state index in [1.165, 1.54) is 0 Å². The highest BCUT2D eigenvalue weighted by molar-refractivity contribution is 5.85. The Balaban J connectivity index is 1.33. The number of hydrogen-bond acceptors (Lipinski definition) is 8. The molecule has 0 aromatic carbocycles. The number of hydrogen-bond donors (Lipinski definition) is 0. The highest BCUT2D eigenvalue weighted by atomic mass is 16.5. The number of likely N-dealkylation sites (N-methyl/N-ethyl adjacent to an activating group) is 1. The van der Waals surface area contributed by atoms with Gasteiger partial charge < -0.3 is 19.3 Å². The topological polar surface area (TPSA) is 99.2 Å². The lowest BCUT2D eigenvalue weighted by atomic mass is 10.1. The van der Waals surface area contributed by atoms with Crippen LogP contribution in [-0.2, 0) is 9.53 Å². The van der Waals surface area contributed by atoms with E-state index in [2.05, 4.69) is 34.5 Å². The highest BCUT2D eigenvalue weighted by Gasteiger charge is 2.25. The first-order chi connectivity index (χ1) is 19.0. The number of carbonyl (C=O) groups excluding carboxylic acids is 1. The molecular formula is C29H35N7O3. The molecule has 2 saturated heterocycles. The molecule has 3 aromatic heterocycles. The van der Waals surface area contributed by atoms with Crippen molar-refractivity contribution in [3.8, 4) is 22.9 Å². The summed E-state index contributed by atoms with van der Waals surface area (Å²) in [4.78, 5) is 23.6. The fourth-order valence-electron chi connectivity index (χ4n) is 5.11. The molecule has 5 heterocycles. The van der Waals surface area contributed by atoms with Gasteiger partial charge in [-0.3, -0.25) is 9.69 Å². The van der Waals surface area contributed by atoms with E-state index in [1.807, 2.05) is 36.2 Å². The Labute approximate surface area is 229 Å². The molecule has 10 nitrogen and oxygen atoms in total. The van der Waals surface area contributed by atoms with Gasteiger partial charge in [0.25, 0.3) is 0 Å². The zero-order chi connectivity index (χ0) is 27.4. The van der Waals surface area contributed by atoms with E-state index in [-0.39, 0.29) is 17.9 Å². The molecule has 0 aliphatic carbocycles. The maximum atomic E-state index is 12.5. The Morgan fingerprint density at radius 2 is 2.10 bits per heavy atom. The molecule has 2 atom stereocenters. The molecular weight excluding hydrogens is 494 g/mol. The van der Waals surface area contributed by atoms with Crippen LogP contribution in [0.25, 0.3) is 16.6 Å². The molecule has 204 valence electrons. The lowest BCUT2D eigenvalue weighted by Crippen LogP contribution is -2.50. The third-order valence-electron chi connectivity index (χ3n) is 7.53. The van der Waals surface area contributed by atoms with E-state index >= 15 is 0 Å². The number of carbonyl (C=O) groups is 1. The number of ether oxygens (including phenoxy) is 2. The molecule has 10 heteroatoms. The van der Waals surface area contributed by atoms with Crippen LogP contribution in [0.5, 0.6) is 5.75 Å². The average Bonchev–Trinajstić information content (AvgIpc) is 3.42. The predicted molar refractivity (Wildman–Crippen MR) is 149 cm³/mol. The largest absolute Gasteiger partial charge is 0.489 e. The van der Waals surface area contributed by atoms with Gasteiger partial charge in [0.1, 0.15) is 30.3 Å². The van der Waals surface area contributed by atoms with Gasteiger partial charge in [-0.2, -0.15) is 10.4 Å². The molecule has 2 aliphatic rings. The molecule has 0 N–H and O–H groups in total. The van der Waals surface area contributed by atoms with Crippen LogP contribution in [-0.4, -0.2) is 95.4 Å². The normalized spacial score (nSPS) is 19.1. The molecule has 0 radical (unpaired) electrons. The van der Waals surface area contributed by atoms with Crippen LogP contribution in [0.15, 0.2) is 49.4 Å². The number of amides is 1. The number of anilines is 1. The van der Waals surface area contributed by atoms with E-state index in [9.17, 15) is 10.1 Å². The van der Waals surface area contributed by atoms with Gasteiger partial charge in [0.05, 0.1) is 36.0 Å². The Morgan fingerprint density at radius 1 is 1.28 bits per heavy atom. The van der Waals surface area contributed by atoms with Gasteiger partial charge in [0.15, 0.2) is 0 Å². The zero-order valence-corrected chi connectivity index (χ0v) is 22.6. The van der Waals surface area contributed by atoms with E-state index in [0.29, 0.717) is 43.1 Å². The quantitative estimate of drug-likeness (QED) is 0.411. The number of rotatable bonds is 8. The minimum Gasteiger partial charge on any atom is -0.489 e. The smallest absolute Gasteiger partial charge is 0.229 e. The Kier molecular flexibility index (Phi) is 8.10. The lowest BCUT2D eigenvalue weighted by molar-refractivity contribution is -0.133. The molecule has 5 rings (SSSR count). The van der Waals surface area contributed by atoms with Gasteiger partial charge in [-0.25, -0.2) is 9.50 Å². The third kappa shape index (κ3) is 5.75. The van der Waals surface area contributed by atoms with E-state index in [4.69, 9.17) is 14.5 Å². The first-order valence-corrected chi connectivity index (χ1v) is 13.5. The molecule has 3 aromatic rings. The summed E-state index contributed by atoms with van der Waals surface area (Å²) in [5.41, 5.74) is 2.90. The van der Waals surface area contributed by atoms with Crippen LogP contribution >= 0.6 is 0 Å². The summed E-state index contributed by atoms with van der Waals surface area (Å²) < 4.78 is 13.7. The van der Waals surface area contributed by atoms with Crippen molar-refractivity contribution in [1.29, 1.82) is 5.26 Å². The standard InChI is InChI=1S/C29H35N7O3/c1-4-21(3)29(37)35-10-8-34(9-11-35)27-7-6-22(16-31-27)26-14-24(19-36-28(26)23(15-30)17-32-36)39-20-25-18-33(5-2)12-13-38-25/h4,6-7,14,16-17,19,21,25H,1,5,8-13,18,20H2,2-3H3/t21?,25-/m1/s1. The van der Waals surface area contributed by atoms with Gasteiger partial charge in [0, 0.05) is 56.6 Å². The zero-order valence-electron chi connectivity index (χ0n) is 22.6. The number of aromatic nitrogens is 3. The third-order valence-corrected chi connectivity index (χ3v) is 7.53. The fourth-order valence-corrected chi connectivity index (χ4v) is 5.11. The molecule has 0 spiro atoms. The second-order valence-corrected chi connectivity index (χ2v) is 9.99. The van der Waals surface area contributed by atoms with Crippen molar-refractivity contribution in [2.24, 2.45) is 5.92 Å². The summed E-state index contributed by atoms with van der Waals surface area (Å²) in [6, 6.07) is 8.19. The minimum atomic E-state index is -0.173. The van der Waals surface area contributed by atoms with Crippen molar-refractivity contribution >= 4 is 17.2 Å². The van der Waals surface area contributed by atoms with Gasteiger partial charge >= 0.3 is 0 Å². The van der Waals surface area contributed by atoms with Gasteiger partial charge in [-0.15, -0.1) is 6.58 Å². The van der Waals surface area contributed by atoms with Crippen LogP contribution < -0.4 is 9.64 Å². The van der Waals surface area contributed by atoms with Crippen molar-refractivity contribution in [3.63, 3.8) is 0 Å². The van der Waals surface area contributed by atoms with Crippen molar-refractivity contribution in [3.05, 3.63) is 55.0 Å². The van der Waals surface area contributed by atoms with Crippen molar-refractivity contribution in [2.45, 2.75) is 20.0 Å². The summed E-state index contributed by atoms with van der Waals surface area (Å²) in [7, 11) is 0. The molecule has 1 amide bonds. The Morgan fingerprint density at radius 3 is 2.79 bits per heavy atom. The van der Waals surface area contributed by atoms with Crippen LogP contribution in [0.2, 0.25) is 0 Å². The number of fused-ring (bicyclic) bond motifs is 1. The van der Waals surface area contributed by atoms with E-state index < -0.39 is 0 Å². The lowest BCUT2D eigenvalue weighted by Gasteiger charge is -2.36. The average molecular weight is 530 g/mol. The molecule has 2 fully saturated rings. The number of pyridine rings is 2. The summed E-state index contributed by atoms with van der Waals surface area (Å²) in [5, 5.41) is 14.1. The maximum absolute atomic E-state index is 12.5. The number of piperazine rings is 1. The van der Waals surface area contributed by atoms with Gasteiger partial charge in [-0.1, -0.05) is 19.9 Å². The van der Waals surface area contributed by atoms with Crippen molar-refractivity contribution in [2.75, 3.05) is 63.9 Å². The molecule has 2 aliphatic heterocycles. The van der Waals surface area contributed by atoms with Crippen LogP contribution in [0, 0.1) is 17.2 Å². The monoisotopic (exact) mass is 529 g/mol. The Hall–Kier alpha value is -3.94. The van der Waals surface area contributed by atoms with Crippen molar-refractivity contribution in [1.82, 2.24) is 24.4 Å². The van der Waals surface area contributed by atoms with Gasteiger partial charge in [-0.05, 0) is 24.7 Å². The number of morpholine rings is 1. The van der Waals surface area contributed by atoms with E-state index in [1.54, 1.807) is 23.0 Å². The summed E-state index contributed by atoms with van der Waals surface area (Å²) in [6.07, 6.45) is 6.89. The Bertz CT molecular complexity index is 1360. The predicted octanol–water partition coefficient (Wildman–Crippen LogP) is 2.84. The maximum Gasteiger partial charge on any atom is 0.229 e. The van der Waals surface area contributed by atoms with Crippen LogP contribution in [0.3, 0.4) is 0 Å². The van der Waals surface area contributed by atoms with Crippen molar-refractivity contribution < 1.29 is 14.3 Å². The van der Waals surface area contributed by atoms with Gasteiger partial charge in [0.2, 0.25) is 5.91 Å². The van der Waals surface area contributed by atoms with E-state index in [0.717, 1.165) is 49.7 Å². The summed E-state index contributed by atoms with van der Waals surface area (Å²) in [5.74, 6) is 1.45. The first kappa shape index (κ1) is 26.7. The van der Waals surface area contributed by atoms with Crippen LogP contribution in [0.1, 0.15) is 19.4 Å². The second-order valence-electron chi connectivity index (χ2n) is 9.99.